The predicted molar refractivity (Wildman–Crippen MR) is 97.6 cm³/mol. The van der Waals surface area contributed by atoms with Crippen molar-refractivity contribution in [2.24, 2.45) is 0 Å². The summed E-state index contributed by atoms with van der Waals surface area (Å²) in [5.41, 5.74) is 0.857. The molecule has 0 radical (unpaired) electrons. The van der Waals surface area contributed by atoms with Crippen LogP contribution in [-0.4, -0.2) is 63.5 Å². The van der Waals surface area contributed by atoms with Crippen LogP contribution in [0.5, 0.6) is 0 Å². The molecule has 1 atom stereocenters. The number of rotatable bonds is 6. The number of carbonyl (C=O) groups is 3. The summed E-state index contributed by atoms with van der Waals surface area (Å²) in [6.45, 7) is 3.88. The van der Waals surface area contributed by atoms with Crippen molar-refractivity contribution in [3.8, 4) is 0 Å². The van der Waals surface area contributed by atoms with Crippen molar-refractivity contribution in [2.75, 3.05) is 18.7 Å². The molecular weight excluding hydrogens is 340 g/mol. The Morgan fingerprint density at radius 3 is 2.64 bits per heavy atom. The third-order valence-electron chi connectivity index (χ3n) is 4.47. The zero-order valence-corrected chi connectivity index (χ0v) is 15.6. The second-order valence-corrected chi connectivity index (χ2v) is 7.38. The Kier molecular flexibility index (Phi) is 6.47. The van der Waals surface area contributed by atoms with E-state index >= 15 is 0 Å². The Morgan fingerprint density at radius 2 is 2.00 bits per heavy atom. The highest BCUT2D eigenvalue weighted by Crippen LogP contribution is 2.24. The van der Waals surface area contributed by atoms with E-state index in [1.165, 1.54) is 6.07 Å². The highest BCUT2D eigenvalue weighted by atomic mass is 32.2. The zero-order chi connectivity index (χ0) is 18.6. The van der Waals surface area contributed by atoms with Gasteiger partial charge in [0.25, 0.3) is 0 Å². The third-order valence-corrected chi connectivity index (χ3v) is 5.48. The summed E-state index contributed by atoms with van der Waals surface area (Å²) in [4.78, 5) is 39.7. The van der Waals surface area contributed by atoms with Gasteiger partial charge in [-0.25, -0.2) is 4.79 Å². The Labute approximate surface area is 152 Å². The van der Waals surface area contributed by atoms with Crippen molar-refractivity contribution in [1.82, 2.24) is 9.80 Å². The number of carboxylic acid groups (broad SMARTS) is 1. The molecule has 0 saturated carbocycles. The molecule has 136 valence electrons. The minimum atomic E-state index is -0.994. The molecule has 1 aliphatic heterocycles. The van der Waals surface area contributed by atoms with Gasteiger partial charge in [-0.1, -0.05) is 18.2 Å². The summed E-state index contributed by atoms with van der Waals surface area (Å²) in [6, 6.07) is 6.35. The number of hydrogen-bond acceptors (Lipinski definition) is 4. The number of benzene rings is 1. The fraction of sp³-hybridized carbons (Fsp3) is 0.500. The fourth-order valence-electron chi connectivity index (χ4n) is 2.71. The smallest absolute Gasteiger partial charge is 0.335 e. The summed E-state index contributed by atoms with van der Waals surface area (Å²) in [7, 11) is 1.75. The Hall–Kier alpha value is -2.02. The van der Waals surface area contributed by atoms with Gasteiger partial charge in [-0.05, 0) is 31.9 Å². The van der Waals surface area contributed by atoms with Gasteiger partial charge in [-0.2, -0.15) is 0 Å². The monoisotopic (exact) mass is 364 g/mol. The molecule has 6 nitrogen and oxygen atoms in total. The maximum atomic E-state index is 12.6. The first kappa shape index (κ1) is 19.3. The number of carbonyl (C=O) groups excluding carboxylic acids is 2. The van der Waals surface area contributed by atoms with Crippen LogP contribution in [-0.2, 0) is 16.0 Å². The van der Waals surface area contributed by atoms with E-state index in [-0.39, 0.29) is 29.8 Å². The van der Waals surface area contributed by atoms with Crippen LogP contribution in [0.1, 0.15) is 36.2 Å². The van der Waals surface area contributed by atoms with Gasteiger partial charge < -0.3 is 14.9 Å². The lowest BCUT2D eigenvalue weighted by molar-refractivity contribution is -0.143. The lowest BCUT2D eigenvalue weighted by Crippen LogP contribution is -2.49. The molecule has 1 aromatic rings. The number of carboxylic acids is 1. The van der Waals surface area contributed by atoms with Crippen molar-refractivity contribution < 1.29 is 19.5 Å². The van der Waals surface area contributed by atoms with Crippen LogP contribution in [0.25, 0.3) is 0 Å². The number of aryl methyl sites for hydroxylation is 1. The van der Waals surface area contributed by atoms with Crippen LogP contribution < -0.4 is 0 Å². The molecule has 0 spiro atoms. The second kappa shape index (κ2) is 8.38. The van der Waals surface area contributed by atoms with E-state index in [0.29, 0.717) is 23.6 Å². The number of hydrogen-bond donors (Lipinski definition) is 1. The number of nitrogens with zero attached hydrogens (tertiary/aromatic N) is 2. The van der Waals surface area contributed by atoms with Crippen molar-refractivity contribution in [2.45, 2.75) is 38.8 Å². The first-order valence-corrected chi connectivity index (χ1v) is 9.43. The minimum absolute atomic E-state index is 0.0423. The van der Waals surface area contributed by atoms with Gasteiger partial charge in [0, 0.05) is 25.3 Å². The van der Waals surface area contributed by atoms with E-state index in [1.54, 1.807) is 46.8 Å². The summed E-state index contributed by atoms with van der Waals surface area (Å²) >= 11 is 1.57. The van der Waals surface area contributed by atoms with Crippen LogP contribution in [0.15, 0.2) is 24.3 Å². The maximum absolute atomic E-state index is 12.6. The molecule has 1 N–H and O–H groups in total. The van der Waals surface area contributed by atoms with E-state index in [4.69, 9.17) is 0 Å². The zero-order valence-electron chi connectivity index (χ0n) is 14.8. The van der Waals surface area contributed by atoms with Gasteiger partial charge in [-0.3, -0.25) is 9.59 Å². The highest BCUT2D eigenvalue weighted by Gasteiger charge is 2.36. The number of thioether (sulfide) groups is 1. The van der Waals surface area contributed by atoms with Crippen molar-refractivity contribution in [3.63, 3.8) is 0 Å². The minimum Gasteiger partial charge on any atom is -0.478 e. The molecule has 1 saturated heterocycles. The third kappa shape index (κ3) is 4.54. The van der Waals surface area contributed by atoms with E-state index in [9.17, 15) is 19.5 Å². The lowest BCUT2D eigenvalue weighted by Gasteiger charge is -2.29. The Bertz CT molecular complexity index is 662. The molecule has 1 heterocycles. The van der Waals surface area contributed by atoms with Crippen LogP contribution >= 0.6 is 11.8 Å². The molecule has 0 aromatic heterocycles. The summed E-state index contributed by atoms with van der Waals surface area (Å²) in [5.74, 6) is -0.0406. The first-order valence-electron chi connectivity index (χ1n) is 8.28. The largest absolute Gasteiger partial charge is 0.478 e. The van der Waals surface area contributed by atoms with Crippen molar-refractivity contribution in [3.05, 3.63) is 35.4 Å². The van der Waals surface area contributed by atoms with E-state index in [2.05, 4.69) is 0 Å². The Morgan fingerprint density at radius 1 is 1.32 bits per heavy atom. The molecule has 0 bridgehead atoms. The van der Waals surface area contributed by atoms with Gasteiger partial charge in [0.15, 0.2) is 0 Å². The van der Waals surface area contributed by atoms with Gasteiger partial charge in [0.05, 0.1) is 11.4 Å². The lowest BCUT2D eigenvalue weighted by atomic mass is 10.0. The molecule has 1 fully saturated rings. The van der Waals surface area contributed by atoms with Crippen LogP contribution in [0.2, 0.25) is 0 Å². The number of amides is 2. The molecule has 1 aliphatic rings. The maximum Gasteiger partial charge on any atom is 0.335 e. The molecule has 1 unspecified atom stereocenters. The molecular formula is C18H24N2O4S. The predicted octanol–water partition coefficient (Wildman–Crippen LogP) is 2.09. The van der Waals surface area contributed by atoms with E-state index in [0.717, 1.165) is 0 Å². The number of aromatic carboxylic acids is 1. The molecule has 2 amide bonds. The van der Waals surface area contributed by atoms with Gasteiger partial charge >= 0.3 is 5.97 Å². The molecule has 25 heavy (non-hydrogen) atoms. The number of likely N-dealkylation sites (N-methyl/N-ethyl adjacent to an activating group) is 1. The highest BCUT2D eigenvalue weighted by molar-refractivity contribution is 7.99. The topological polar surface area (TPSA) is 77.9 Å². The molecule has 0 aliphatic carbocycles. The quantitative estimate of drug-likeness (QED) is 0.836. The summed E-state index contributed by atoms with van der Waals surface area (Å²) < 4.78 is 0. The molecule has 1 aromatic carbocycles. The second-order valence-electron chi connectivity index (χ2n) is 6.38. The molecule has 2 rings (SSSR count). The van der Waals surface area contributed by atoms with Gasteiger partial charge in [0.1, 0.15) is 6.04 Å². The van der Waals surface area contributed by atoms with Crippen molar-refractivity contribution >= 4 is 29.5 Å². The standard InChI is InChI=1S/C18H24N2O4S/c1-12(2)19(3)17(22)15-10-25-11-20(15)16(21)9-8-13-6-4-5-7-14(13)18(23)24/h4-7,12,15H,8-11H2,1-3H3,(H,23,24). The van der Waals surface area contributed by atoms with Gasteiger partial charge in [0.2, 0.25) is 11.8 Å². The summed E-state index contributed by atoms with van der Waals surface area (Å²) in [6.07, 6.45) is 0.545. The van der Waals surface area contributed by atoms with Crippen LogP contribution in [0, 0.1) is 0 Å². The average molecular weight is 364 g/mol. The SMILES string of the molecule is CC(C)N(C)C(=O)C1CSCN1C(=O)CCc1ccccc1C(=O)O. The summed E-state index contributed by atoms with van der Waals surface area (Å²) in [5, 5.41) is 9.22. The Balaban J connectivity index is 2.03. The van der Waals surface area contributed by atoms with Crippen LogP contribution in [0.4, 0.5) is 0 Å². The molecule has 7 heteroatoms. The van der Waals surface area contributed by atoms with Gasteiger partial charge in [-0.15, -0.1) is 11.8 Å². The van der Waals surface area contributed by atoms with E-state index < -0.39 is 12.0 Å². The van der Waals surface area contributed by atoms with Crippen LogP contribution in [0.3, 0.4) is 0 Å². The fourth-order valence-corrected chi connectivity index (χ4v) is 3.89. The average Bonchev–Trinajstić information content (AvgIpc) is 3.08. The van der Waals surface area contributed by atoms with E-state index in [1.807, 2.05) is 13.8 Å². The normalized spacial score (nSPS) is 17.0. The first-order chi connectivity index (χ1) is 11.8. The van der Waals surface area contributed by atoms with Crippen molar-refractivity contribution in [1.29, 1.82) is 0 Å².